The van der Waals surface area contributed by atoms with Gasteiger partial charge < -0.3 is 24.9 Å². The van der Waals surface area contributed by atoms with Gasteiger partial charge in [-0.25, -0.2) is 4.79 Å². The summed E-state index contributed by atoms with van der Waals surface area (Å²) in [5, 5.41) is 16.8. The van der Waals surface area contributed by atoms with E-state index in [4.69, 9.17) is 9.16 Å². The molecule has 2 unspecified atom stereocenters. The summed E-state index contributed by atoms with van der Waals surface area (Å²) in [7, 11) is -1.88. The van der Waals surface area contributed by atoms with Gasteiger partial charge >= 0.3 is 5.97 Å². The van der Waals surface area contributed by atoms with Gasteiger partial charge in [0.1, 0.15) is 6.04 Å². The van der Waals surface area contributed by atoms with Crippen LogP contribution >= 0.6 is 0 Å². The molecule has 45 heavy (non-hydrogen) atoms. The second kappa shape index (κ2) is 19.1. The lowest BCUT2D eigenvalue weighted by molar-refractivity contribution is -0.146. The van der Waals surface area contributed by atoms with Gasteiger partial charge in [-0.1, -0.05) is 132 Å². The monoisotopic (exact) mass is 636 g/mol. The molecule has 0 saturated heterocycles. The topological polar surface area (TPSA) is 114 Å². The Balaban J connectivity index is 2.39. The Morgan fingerprint density at radius 1 is 0.889 bits per heavy atom. The predicted molar refractivity (Wildman–Crippen MR) is 183 cm³/mol. The summed E-state index contributed by atoms with van der Waals surface area (Å²) >= 11 is 0. The first-order valence-electron chi connectivity index (χ1n) is 15.9. The molecule has 0 aliphatic carbocycles. The van der Waals surface area contributed by atoms with Crippen molar-refractivity contribution in [3.63, 3.8) is 0 Å². The number of hydrogen-bond donors (Lipinski definition) is 3. The standard InChI is InChI=1S/C36H52N2O6Si/c1-7-8-9-10-11-12-13-16-21-28(2)33(40)38-32(34(41)37-31(26-39)35(42)43-6)27-44-45(36(3,4)5,29-22-17-14-18-23-29)30-24-19-15-20-25-30/h13-25,31-32,39H,7-12,26-27H2,1-6H3,(H,37,41)(H,38,40)/b16-13-,28-21+. The van der Waals surface area contributed by atoms with E-state index in [-0.39, 0.29) is 11.6 Å². The quantitative estimate of drug-likeness (QED) is 0.0727. The van der Waals surface area contributed by atoms with Crippen LogP contribution in [0.3, 0.4) is 0 Å². The fourth-order valence-electron chi connectivity index (χ4n) is 5.27. The molecule has 8 nitrogen and oxygen atoms in total. The van der Waals surface area contributed by atoms with E-state index in [1.807, 2.05) is 72.8 Å². The summed E-state index contributed by atoms with van der Waals surface area (Å²) < 4.78 is 11.7. The van der Waals surface area contributed by atoms with Crippen LogP contribution in [-0.4, -0.2) is 63.6 Å². The number of hydrogen-bond acceptors (Lipinski definition) is 6. The average molecular weight is 637 g/mol. The first-order chi connectivity index (χ1) is 21.5. The summed E-state index contributed by atoms with van der Waals surface area (Å²) in [5.74, 6) is -1.90. The van der Waals surface area contributed by atoms with Gasteiger partial charge in [0.2, 0.25) is 11.8 Å². The van der Waals surface area contributed by atoms with Crippen molar-refractivity contribution >= 4 is 36.5 Å². The van der Waals surface area contributed by atoms with Gasteiger partial charge in [0.05, 0.1) is 20.3 Å². The van der Waals surface area contributed by atoms with E-state index in [2.05, 4.69) is 38.3 Å². The largest absolute Gasteiger partial charge is 0.467 e. The van der Waals surface area contributed by atoms with Gasteiger partial charge in [-0.2, -0.15) is 0 Å². The first-order valence-corrected chi connectivity index (χ1v) is 17.8. The number of nitrogens with one attached hydrogen (secondary N) is 2. The molecular formula is C36H52N2O6Si. The molecule has 2 atom stereocenters. The molecule has 0 saturated carbocycles. The number of benzene rings is 2. The molecule has 0 aliphatic rings. The van der Waals surface area contributed by atoms with Crippen LogP contribution in [0.15, 0.2) is 84.5 Å². The highest BCUT2D eigenvalue weighted by atomic mass is 28.4. The molecule has 2 amide bonds. The lowest BCUT2D eigenvalue weighted by Gasteiger charge is -2.43. The maximum Gasteiger partial charge on any atom is 0.330 e. The van der Waals surface area contributed by atoms with E-state index in [1.54, 1.807) is 13.0 Å². The molecule has 0 fully saturated rings. The summed E-state index contributed by atoms with van der Waals surface area (Å²) in [5.41, 5.74) is 0.423. The zero-order chi connectivity index (χ0) is 33.3. The van der Waals surface area contributed by atoms with Crippen molar-refractivity contribution in [2.24, 2.45) is 0 Å². The Morgan fingerprint density at radius 2 is 1.47 bits per heavy atom. The number of unbranched alkanes of at least 4 members (excludes halogenated alkanes) is 5. The fourth-order valence-corrected chi connectivity index (χ4v) is 9.84. The lowest BCUT2D eigenvalue weighted by Crippen LogP contribution is -2.68. The van der Waals surface area contributed by atoms with Gasteiger partial charge in [0.25, 0.3) is 8.32 Å². The second-order valence-electron chi connectivity index (χ2n) is 12.2. The van der Waals surface area contributed by atoms with Crippen LogP contribution in [0.4, 0.5) is 0 Å². The predicted octanol–water partition coefficient (Wildman–Crippen LogP) is 4.56. The minimum Gasteiger partial charge on any atom is -0.467 e. The van der Waals surface area contributed by atoms with E-state index >= 15 is 0 Å². The van der Waals surface area contributed by atoms with Gasteiger partial charge in [0.15, 0.2) is 6.04 Å². The molecule has 0 spiro atoms. The van der Waals surface area contributed by atoms with E-state index in [0.717, 1.165) is 23.2 Å². The molecular weight excluding hydrogens is 584 g/mol. The van der Waals surface area contributed by atoms with Crippen molar-refractivity contribution in [1.82, 2.24) is 10.6 Å². The lowest BCUT2D eigenvalue weighted by atomic mass is 10.1. The highest BCUT2D eigenvalue weighted by molar-refractivity contribution is 6.99. The van der Waals surface area contributed by atoms with Crippen molar-refractivity contribution in [3.8, 4) is 0 Å². The minimum atomic E-state index is -3.05. The van der Waals surface area contributed by atoms with Crippen LogP contribution in [0, 0.1) is 0 Å². The number of carbonyl (C=O) groups excluding carboxylic acids is 3. The third-order valence-electron chi connectivity index (χ3n) is 7.80. The first kappa shape index (κ1) is 37.7. The van der Waals surface area contributed by atoms with E-state index in [9.17, 15) is 19.5 Å². The molecule has 3 N–H and O–H groups in total. The molecule has 2 aromatic rings. The van der Waals surface area contributed by atoms with Crippen LogP contribution in [0.5, 0.6) is 0 Å². The number of carbonyl (C=O) groups is 3. The Labute approximate surface area is 270 Å². The molecule has 0 aromatic heterocycles. The molecule has 9 heteroatoms. The number of esters is 1. The highest BCUT2D eigenvalue weighted by Gasteiger charge is 2.50. The maximum atomic E-state index is 13.6. The zero-order valence-electron chi connectivity index (χ0n) is 27.8. The number of aliphatic hydroxyl groups excluding tert-OH is 1. The van der Waals surface area contributed by atoms with Crippen LogP contribution in [0.25, 0.3) is 0 Å². The third-order valence-corrected chi connectivity index (χ3v) is 12.8. The SMILES string of the molecule is CCCCCCC/C=C\C=C(/C)C(=O)NC(CO[Si](c1ccccc1)(c1ccccc1)C(C)(C)C)C(=O)NC(CO)C(=O)OC. The van der Waals surface area contributed by atoms with Crippen LogP contribution < -0.4 is 21.0 Å². The number of allylic oxidation sites excluding steroid dienone is 3. The van der Waals surface area contributed by atoms with Crippen molar-refractivity contribution in [2.75, 3.05) is 20.3 Å². The normalized spacial score (nSPS) is 13.7. The van der Waals surface area contributed by atoms with Crippen LogP contribution in [0.1, 0.15) is 73.1 Å². The van der Waals surface area contributed by atoms with E-state index in [1.165, 1.54) is 32.8 Å². The molecule has 0 bridgehead atoms. The number of ether oxygens (including phenoxy) is 1. The Hall–Kier alpha value is -3.53. The second-order valence-corrected chi connectivity index (χ2v) is 16.6. The van der Waals surface area contributed by atoms with Crippen molar-refractivity contribution in [2.45, 2.75) is 90.3 Å². The van der Waals surface area contributed by atoms with Crippen LogP contribution in [0.2, 0.25) is 5.04 Å². The summed E-state index contributed by atoms with van der Waals surface area (Å²) in [6.45, 7) is 9.42. The molecule has 0 heterocycles. The Morgan fingerprint density at radius 3 is 1.98 bits per heavy atom. The van der Waals surface area contributed by atoms with Crippen molar-refractivity contribution in [3.05, 3.63) is 84.5 Å². The summed E-state index contributed by atoms with van der Waals surface area (Å²) in [6.07, 6.45) is 12.5. The molecule has 0 radical (unpaired) electrons. The third kappa shape index (κ3) is 11.1. The van der Waals surface area contributed by atoms with Crippen LogP contribution in [-0.2, 0) is 23.5 Å². The molecule has 0 aliphatic heterocycles. The maximum absolute atomic E-state index is 13.6. The minimum absolute atomic E-state index is 0.162. The van der Waals surface area contributed by atoms with E-state index in [0.29, 0.717) is 5.57 Å². The average Bonchev–Trinajstić information content (AvgIpc) is 3.04. The number of methoxy groups -OCH3 is 1. The smallest absolute Gasteiger partial charge is 0.330 e. The summed E-state index contributed by atoms with van der Waals surface area (Å²) in [6, 6.07) is 17.5. The molecule has 2 aromatic carbocycles. The van der Waals surface area contributed by atoms with Gasteiger partial charge in [0, 0.05) is 5.57 Å². The van der Waals surface area contributed by atoms with Crippen molar-refractivity contribution < 1.29 is 28.7 Å². The fraction of sp³-hybridized carbons (Fsp3) is 0.472. The Kier molecular flexibility index (Phi) is 16.0. The van der Waals surface area contributed by atoms with E-state index < -0.39 is 44.8 Å². The number of amides is 2. The number of aliphatic hydroxyl groups is 1. The number of rotatable bonds is 18. The van der Waals surface area contributed by atoms with Crippen molar-refractivity contribution in [1.29, 1.82) is 0 Å². The summed E-state index contributed by atoms with van der Waals surface area (Å²) in [4.78, 5) is 39.1. The van der Waals surface area contributed by atoms with Gasteiger partial charge in [-0.15, -0.1) is 0 Å². The van der Waals surface area contributed by atoms with Gasteiger partial charge in [-0.05, 0) is 35.2 Å². The highest BCUT2D eigenvalue weighted by Crippen LogP contribution is 2.36. The zero-order valence-corrected chi connectivity index (χ0v) is 28.8. The van der Waals surface area contributed by atoms with Gasteiger partial charge in [-0.3, -0.25) is 9.59 Å². The molecule has 246 valence electrons. The molecule has 2 rings (SSSR count). The Bertz CT molecular complexity index is 1220.